The van der Waals surface area contributed by atoms with Crippen molar-refractivity contribution in [3.05, 3.63) is 12.3 Å². The quantitative estimate of drug-likeness (QED) is 0.545. The second kappa shape index (κ2) is 8.74. The molecule has 0 heterocycles. The predicted molar refractivity (Wildman–Crippen MR) is 92.8 cm³/mol. The van der Waals surface area contributed by atoms with Crippen molar-refractivity contribution in [3.8, 4) is 0 Å². The summed E-state index contributed by atoms with van der Waals surface area (Å²) >= 11 is 0. The van der Waals surface area contributed by atoms with Gasteiger partial charge in [0.15, 0.2) is 0 Å². The molecule has 4 atom stereocenters. The highest BCUT2D eigenvalue weighted by molar-refractivity contribution is 4.93. The molecular formula is C19H39N. The van der Waals surface area contributed by atoms with Crippen LogP contribution in [0.25, 0.3) is 0 Å². The molecule has 20 heavy (non-hydrogen) atoms. The van der Waals surface area contributed by atoms with Crippen molar-refractivity contribution in [2.75, 3.05) is 0 Å². The third-order valence-electron chi connectivity index (χ3n) is 4.81. The van der Waals surface area contributed by atoms with Crippen LogP contribution in [0.4, 0.5) is 0 Å². The first-order chi connectivity index (χ1) is 9.13. The summed E-state index contributed by atoms with van der Waals surface area (Å²) in [6, 6.07) is 0.561. The molecule has 0 aromatic heterocycles. The van der Waals surface area contributed by atoms with Crippen molar-refractivity contribution in [2.45, 2.75) is 87.1 Å². The fourth-order valence-corrected chi connectivity index (χ4v) is 3.40. The molecule has 0 bridgehead atoms. The number of hydrogen-bond donors (Lipinski definition) is 1. The zero-order valence-electron chi connectivity index (χ0n) is 15.3. The van der Waals surface area contributed by atoms with Gasteiger partial charge in [0.1, 0.15) is 0 Å². The summed E-state index contributed by atoms with van der Waals surface area (Å²) in [4.78, 5) is 0. The minimum atomic E-state index is 0.371. The monoisotopic (exact) mass is 281 g/mol. The van der Waals surface area contributed by atoms with Crippen molar-refractivity contribution in [2.24, 2.45) is 23.2 Å². The average molecular weight is 282 g/mol. The molecule has 0 fully saturated rings. The normalized spacial score (nSPS) is 18.2. The predicted octanol–water partition coefficient (Wildman–Crippen LogP) is 6.01. The molecule has 0 aliphatic heterocycles. The van der Waals surface area contributed by atoms with Crippen LogP contribution in [-0.2, 0) is 0 Å². The number of nitrogens with one attached hydrogen (secondary N) is 1. The Hall–Kier alpha value is -0.460. The lowest BCUT2D eigenvalue weighted by Crippen LogP contribution is -2.40. The summed E-state index contributed by atoms with van der Waals surface area (Å²) in [6.07, 6.45) is 5.08. The molecule has 0 aromatic carbocycles. The van der Waals surface area contributed by atoms with Crippen LogP contribution < -0.4 is 5.32 Å². The maximum atomic E-state index is 4.06. The molecule has 0 radical (unpaired) electrons. The summed E-state index contributed by atoms with van der Waals surface area (Å²) in [6.45, 7) is 22.7. The zero-order chi connectivity index (χ0) is 15.9. The van der Waals surface area contributed by atoms with Gasteiger partial charge in [-0.2, -0.15) is 0 Å². The Labute approximate surface area is 128 Å². The summed E-state index contributed by atoms with van der Waals surface area (Å²) in [5.74, 6) is 2.24. The van der Waals surface area contributed by atoms with E-state index in [1.165, 1.54) is 25.7 Å². The highest BCUT2D eigenvalue weighted by Gasteiger charge is 2.32. The lowest BCUT2D eigenvalue weighted by Gasteiger charge is -2.39. The van der Waals surface area contributed by atoms with Crippen LogP contribution in [0.3, 0.4) is 0 Å². The summed E-state index contributed by atoms with van der Waals surface area (Å²) in [5, 5.41) is 3.65. The van der Waals surface area contributed by atoms with Gasteiger partial charge in [0.25, 0.3) is 0 Å². The van der Waals surface area contributed by atoms with Crippen LogP contribution in [0.2, 0.25) is 0 Å². The lowest BCUT2D eigenvalue weighted by molar-refractivity contribution is 0.126. The van der Waals surface area contributed by atoms with E-state index >= 15 is 0 Å². The maximum absolute atomic E-state index is 4.06. The number of allylic oxidation sites excluding steroid dienone is 1. The Kier molecular flexibility index (Phi) is 8.54. The summed E-state index contributed by atoms with van der Waals surface area (Å²) in [7, 11) is 0. The van der Waals surface area contributed by atoms with Gasteiger partial charge in [0.05, 0.1) is 0 Å². The smallest absolute Gasteiger partial charge is 0.0286 e. The first-order valence-electron chi connectivity index (χ1n) is 8.55. The first kappa shape index (κ1) is 19.5. The van der Waals surface area contributed by atoms with Gasteiger partial charge in [-0.15, -0.1) is 0 Å². The van der Waals surface area contributed by atoms with Gasteiger partial charge in [0, 0.05) is 11.7 Å². The molecule has 120 valence electrons. The molecule has 0 rings (SSSR count). The van der Waals surface area contributed by atoms with Gasteiger partial charge in [-0.05, 0) is 42.9 Å². The van der Waals surface area contributed by atoms with Crippen LogP contribution in [0.5, 0.6) is 0 Å². The van der Waals surface area contributed by atoms with E-state index in [1.807, 2.05) is 0 Å². The van der Waals surface area contributed by atoms with Gasteiger partial charge in [-0.3, -0.25) is 0 Å². The molecule has 0 amide bonds. The van der Waals surface area contributed by atoms with Gasteiger partial charge in [-0.1, -0.05) is 67.9 Å². The van der Waals surface area contributed by atoms with E-state index in [-0.39, 0.29) is 0 Å². The topological polar surface area (TPSA) is 12.0 Å². The average Bonchev–Trinajstić information content (AvgIpc) is 2.31. The molecule has 0 aromatic rings. The Balaban J connectivity index is 5.01. The van der Waals surface area contributed by atoms with Crippen LogP contribution >= 0.6 is 0 Å². The minimum absolute atomic E-state index is 0.371. The Bertz CT molecular complexity index is 274. The van der Waals surface area contributed by atoms with E-state index in [0.717, 1.165) is 17.5 Å². The van der Waals surface area contributed by atoms with Crippen LogP contribution in [-0.4, -0.2) is 6.04 Å². The SMILES string of the molecule is C=C(C)NC(CC(C(C)CC)C(C)(C)C)C(C)CCC. The Morgan fingerprint density at radius 2 is 1.65 bits per heavy atom. The second-order valence-electron chi connectivity index (χ2n) is 7.89. The fraction of sp³-hybridized carbons (Fsp3) is 0.895. The van der Waals surface area contributed by atoms with E-state index in [4.69, 9.17) is 0 Å². The number of hydrogen-bond acceptors (Lipinski definition) is 1. The molecule has 1 N–H and O–H groups in total. The standard InChI is InChI=1S/C19H39N/c1-10-12-16(6)18(20-14(3)4)13-17(15(5)11-2)19(7,8)9/h15-18,20H,3,10-13H2,1-2,4-9H3. The van der Waals surface area contributed by atoms with E-state index in [9.17, 15) is 0 Å². The Morgan fingerprint density at radius 3 is 2.00 bits per heavy atom. The molecule has 1 nitrogen and oxygen atoms in total. The van der Waals surface area contributed by atoms with Crippen molar-refractivity contribution >= 4 is 0 Å². The van der Waals surface area contributed by atoms with Crippen molar-refractivity contribution < 1.29 is 0 Å². The van der Waals surface area contributed by atoms with E-state index < -0.39 is 0 Å². The van der Waals surface area contributed by atoms with Crippen molar-refractivity contribution in [3.63, 3.8) is 0 Å². The fourth-order valence-electron chi connectivity index (χ4n) is 3.40. The molecule has 0 saturated heterocycles. The lowest BCUT2D eigenvalue weighted by atomic mass is 9.68. The van der Waals surface area contributed by atoms with Gasteiger partial charge in [0.2, 0.25) is 0 Å². The van der Waals surface area contributed by atoms with Crippen LogP contribution in [0, 0.1) is 23.2 Å². The third-order valence-corrected chi connectivity index (χ3v) is 4.81. The summed E-state index contributed by atoms with van der Waals surface area (Å²) < 4.78 is 0. The van der Waals surface area contributed by atoms with E-state index in [2.05, 4.69) is 67.3 Å². The third kappa shape index (κ3) is 6.81. The number of rotatable bonds is 9. The molecule has 0 aliphatic rings. The van der Waals surface area contributed by atoms with Crippen molar-refractivity contribution in [1.82, 2.24) is 5.32 Å². The van der Waals surface area contributed by atoms with Crippen LogP contribution in [0.15, 0.2) is 12.3 Å². The molecule has 0 aliphatic carbocycles. The van der Waals surface area contributed by atoms with Crippen molar-refractivity contribution in [1.29, 1.82) is 0 Å². The molecule has 4 unspecified atom stereocenters. The summed E-state index contributed by atoms with van der Waals surface area (Å²) in [5.41, 5.74) is 1.48. The molecule has 0 saturated carbocycles. The van der Waals surface area contributed by atoms with Gasteiger partial charge >= 0.3 is 0 Å². The highest BCUT2D eigenvalue weighted by atomic mass is 14.9. The van der Waals surface area contributed by atoms with Crippen LogP contribution in [0.1, 0.15) is 81.1 Å². The highest BCUT2D eigenvalue weighted by Crippen LogP contribution is 2.38. The van der Waals surface area contributed by atoms with Gasteiger partial charge < -0.3 is 5.32 Å². The first-order valence-corrected chi connectivity index (χ1v) is 8.55. The zero-order valence-corrected chi connectivity index (χ0v) is 15.3. The van der Waals surface area contributed by atoms with E-state index in [0.29, 0.717) is 17.4 Å². The molecular weight excluding hydrogens is 242 g/mol. The molecule has 1 heteroatoms. The molecule has 0 spiro atoms. The van der Waals surface area contributed by atoms with E-state index in [1.54, 1.807) is 0 Å². The Morgan fingerprint density at radius 1 is 1.10 bits per heavy atom. The maximum Gasteiger partial charge on any atom is 0.0286 e. The minimum Gasteiger partial charge on any atom is -0.386 e. The second-order valence-corrected chi connectivity index (χ2v) is 7.89. The largest absolute Gasteiger partial charge is 0.386 e. The van der Waals surface area contributed by atoms with Gasteiger partial charge in [-0.25, -0.2) is 0 Å².